The third-order valence-electron chi connectivity index (χ3n) is 5.00. The van der Waals surface area contributed by atoms with Crippen LogP contribution in [0.1, 0.15) is 40.7 Å². The summed E-state index contributed by atoms with van der Waals surface area (Å²) in [7, 11) is 0. The van der Waals surface area contributed by atoms with E-state index in [1.165, 1.54) is 0 Å². The van der Waals surface area contributed by atoms with Crippen molar-refractivity contribution in [3.8, 4) is 0 Å². The van der Waals surface area contributed by atoms with Crippen LogP contribution in [0.5, 0.6) is 0 Å². The smallest absolute Gasteiger partial charge is 0.255 e. The highest BCUT2D eigenvalue weighted by atomic mass is 16.2. The fourth-order valence-corrected chi connectivity index (χ4v) is 3.53. The van der Waals surface area contributed by atoms with Crippen molar-refractivity contribution in [2.75, 3.05) is 6.54 Å². The zero-order valence-electron chi connectivity index (χ0n) is 14.7. The average molecular weight is 356 g/mol. The van der Waals surface area contributed by atoms with Gasteiger partial charge in [0.1, 0.15) is 6.04 Å². The maximum absolute atomic E-state index is 12.8. The molecule has 2 heterocycles. The minimum atomic E-state index is -0.592. The Morgan fingerprint density at radius 2 is 2.19 bits per heavy atom. The summed E-state index contributed by atoms with van der Waals surface area (Å²) in [6.45, 7) is 5.21. The molecule has 1 aromatic carbocycles. The quantitative estimate of drug-likeness (QED) is 0.486. The second-order valence-corrected chi connectivity index (χ2v) is 6.68. The third-order valence-corrected chi connectivity index (χ3v) is 5.00. The molecule has 0 saturated carbocycles. The lowest BCUT2D eigenvalue weighted by Gasteiger charge is -2.29. The van der Waals surface area contributed by atoms with Crippen molar-refractivity contribution < 1.29 is 14.4 Å². The summed E-state index contributed by atoms with van der Waals surface area (Å²) in [5.74, 6) is -0.829. The van der Waals surface area contributed by atoms with Crippen molar-refractivity contribution in [3.05, 3.63) is 47.5 Å². The number of hydrogen-bond acceptors (Lipinski definition) is 5. The summed E-state index contributed by atoms with van der Waals surface area (Å²) in [6.07, 6.45) is 3.22. The molecule has 1 fully saturated rings. The summed E-state index contributed by atoms with van der Waals surface area (Å²) >= 11 is 0. The van der Waals surface area contributed by atoms with Gasteiger partial charge in [0.15, 0.2) is 0 Å². The number of amides is 3. The van der Waals surface area contributed by atoms with Crippen LogP contribution in [0.3, 0.4) is 0 Å². The Bertz CT molecular complexity index is 746. The van der Waals surface area contributed by atoms with Gasteiger partial charge < -0.3 is 16.0 Å². The Balaban J connectivity index is 1.76. The van der Waals surface area contributed by atoms with Gasteiger partial charge in [-0.15, -0.1) is 6.58 Å². The fourth-order valence-electron chi connectivity index (χ4n) is 3.53. The van der Waals surface area contributed by atoms with Gasteiger partial charge in [-0.3, -0.25) is 19.7 Å². The normalized spacial score (nSPS) is 20.7. The lowest BCUT2D eigenvalue weighted by atomic mass is 10.0. The lowest BCUT2D eigenvalue weighted by molar-refractivity contribution is -0.136. The van der Waals surface area contributed by atoms with Gasteiger partial charge in [-0.2, -0.15) is 0 Å². The molecule has 0 radical (unpaired) electrons. The number of carbonyl (C=O) groups is 3. The van der Waals surface area contributed by atoms with E-state index in [9.17, 15) is 14.4 Å². The summed E-state index contributed by atoms with van der Waals surface area (Å²) < 4.78 is 0. The molecule has 3 amide bonds. The first kappa shape index (κ1) is 18.3. The van der Waals surface area contributed by atoms with Crippen LogP contribution in [0.15, 0.2) is 30.9 Å². The second-order valence-electron chi connectivity index (χ2n) is 6.68. The van der Waals surface area contributed by atoms with Gasteiger partial charge in [0, 0.05) is 37.7 Å². The molecule has 1 saturated heterocycles. The molecule has 2 unspecified atom stereocenters. The Morgan fingerprint density at radius 3 is 2.88 bits per heavy atom. The molecule has 0 aromatic heterocycles. The topological polar surface area (TPSA) is 105 Å². The molecule has 7 nitrogen and oxygen atoms in total. The monoisotopic (exact) mass is 356 g/mol. The van der Waals surface area contributed by atoms with E-state index in [4.69, 9.17) is 5.73 Å². The Labute approximate surface area is 152 Å². The molecule has 0 aliphatic carbocycles. The SMILES string of the molecule is C=CCC(CN)NCc1cccc2c1CN(C1CCC(=O)NC1=O)C2=O. The molecule has 3 rings (SSSR count). The highest BCUT2D eigenvalue weighted by molar-refractivity contribution is 6.05. The number of carbonyl (C=O) groups excluding carboxylic acids is 3. The van der Waals surface area contributed by atoms with E-state index in [0.29, 0.717) is 31.6 Å². The van der Waals surface area contributed by atoms with Gasteiger partial charge in [0.2, 0.25) is 11.8 Å². The highest BCUT2D eigenvalue weighted by Crippen LogP contribution is 2.29. The molecule has 2 aliphatic rings. The molecule has 4 N–H and O–H groups in total. The number of benzene rings is 1. The maximum Gasteiger partial charge on any atom is 0.255 e. The Morgan fingerprint density at radius 1 is 1.38 bits per heavy atom. The molecule has 0 spiro atoms. The molecule has 2 atom stereocenters. The van der Waals surface area contributed by atoms with Gasteiger partial charge in [0.05, 0.1) is 0 Å². The first-order valence-electron chi connectivity index (χ1n) is 8.85. The minimum Gasteiger partial charge on any atom is -0.329 e. The summed E-state index contributed by atoms with van der Waals surface area (Å²) in [4.78, 5) is 37.8. The number of rotatable bonds is 7. The molecular weight excluding hydrogens is 332 g/mol. The van der Waals surface area contributed by atoms with Gasteiger partial charge in [-0.05, 0) is 30.0 Å². The zero-order valence-corrected chi connectivity index (χ0v) is 14.7. The second kappa shape index (κ2) is 7.80. The van der Waals surface area contributed by atoms with Crippen LogP contribution in [0.2, 0.25) is 0 Å². The van der Waals surface area contributed by atoms with Gasteiger partial charge in [0.25, 0.3) is 5.91 Å². The van der Waals surface area contributed by atoms with Gasteiger partial charge >= 0.3 is 0 Å². The number of imide groups is 1. The van der Waals surface area contributed by atoms with Crippen molar-refractivity contribution >= 4 is 17.7 Å². The van der Waals surface area contributed by atoms with E-state index in [2.05, 4.69) is 17.2 Å². The van der Waals surface area contributed by atoms with E-state index >= 15 is 0 Å². The molecular formula is C19H24N4O3. The first-order valence-corrected chi connectivity index (χ1v) is 8.85. The predicted molar refractivity (Wildman–Crippen MR) is 97.0 cm³/mol. The third kappa shape index (κ3) is 3.54. The van der Waals surface area contributed by atoms with Crippen LogP contribution >= 0.6 is 0 Å². The Kier molecular flexibility index (Phi) is 5.49. The van der Waals surface area contributed by atoms with Crippen molar-refractivity contribution in [2.24, 2.45) is 5.73 Å². The average Bonchev–Trinajstić information content (AvgIpc) is 2.96. The molecule has 7 heteroatoms. The summed E-state index contributed by atoms with van der Waals surface area (Å²) in [5, 5.41) is 5.71. The number of fused-ring (bicyclic) bond motifs is 1. The molecule has 2 aliphatic heterocycles. The number of hydrogen-bond donors (Lipinski definition) is 3. The van der Waals surface area contributed by atoms with Crippen molar-refractivity contribution in [1.29, 1.82) is 0 Å². The summed E-state index contributed by atoms with van der Waals surface area (Å²) in [6, 6.07) is 5.16. The lowest BCUT2D eigenvalue weighted by Crippen LogP contribution is -2.52. The van der Waals surface area contributed by atoms with Crippen LogP contribution in [0.4, 0.5) is 0 Å². The van der Waals surface area contributed by atoms with Crippen molar-refractivity contribution in [3.63, 3.8) is 0 Å². The maximum atomic E-state index is 12.8. The fraction of sp³-hybridized carbons (Fsp3) is 0.421. The number of nitrogens with zero attached hydrogens (tertiary/aromatic N) is 1. The van der Waals surface area contributed by atoms with Gasteiger partial charge in [-0.1, -0.05) is 18.2 Å². The molecule has 138 valence electrons. The van der Waals surface area contributed by atoms with E-state index in [1.807, 2.05) is 18.2 Å². The van der Waals surface area contributed by atoms with Crippen LogP contribution in [-0.2, 0) is 22.7 Å². The van der Waals surface area contributed by atoms with Crippen LogP contribution in [0.25, 0.3) is 0 Å². The Hall–Kier alpha value is -2.51. The van der Waals surface area contributed by atoms with Crippen LogP contribution in [-0.4, -0.2) is 41.2 Å². The number of piperidine rings is 1. The van der Waals surface area contributed by atoms with Crippen molar-refractivity contribution in [1.82, 2.24) is 15.5 Å². The van der Waals surface area contributed by atoms with Crippen LogP contribution in [0, 0.1) is 0 Å². The standard InChI is InChI=1S/C19H24N4O3/c1-2-4-13(9-20)21-10-12-5-3-6-14-15(12)11-23(19(14)26)16-7-8-17(24)22-18(16)25/h2-3,5-6,13,16,21H,1,4,7-11,20H2,(H,22,24,25). The largest absolute Gasteiger partial charge is 0.329 e. The minimum absolute atomic E-state index is 0.131. The van der Waals surface area contributed by atoms with Crippen molar-refractivity contribution in [2.45, 2.75) is 44.4 Å². The van der Waals surface area contributed by atoms with E-state index in [-0.39, 0.29) is 24.3 Å². The number of nitrogens with two attached hydrogens (primary N) is 1. The highest BCUT2D eigenvalue weighted by Gasteiger charge is 2.39. The van der Waals surface area contributed by atoms with E-state index in [0.717, 1.165) is 17.5 Å². The molecule has 1 aromatic rings. The van der Waals surface area contributed by atoms with Gasteiger partial charge in [-0.25, -0.2) is 0 Å². The number of nitrogens with one attached hydrogen (secondary N) is 2. The van der Waals surface area contributed by atoms with E-state index < -0.39 is 11.9 Å². The molecule has 0 bridgehead atoms. The van der Waals surface area contributed by atoms with Crippen LogP contribution < -0.4 is 16.4 Å². The summed E-state index contributed by atoms with van der Waals surface area (Å²) in [5.41, 5.74) is 8.34. The first-order chi connectivity index (χ1) is 12.5. The van der Waals surface area contributed by atoms with E-state index in [1.54, 1.807) is 11.0 Å². The predicted octanol–water partition coefficient (Wildman–Crippen LogP) is 0.441. The molecule has 26 heavy (non-hydrogen) atoms. The zero-order chi connectivity index (χ0) is 18.7.